The van der Waals surface area contributed by atoms with Gasteiger partial charge >= 0.3 is 11.9 Å². The van der Waals surface area contributed by atoms with Crippen LogP contribution in [0.15, 0.2) is 70.2 Å². The number of aliphatic hydroxyl groups is 1. The first-order valence-corrected chi connectivity index (χ1v) is 7.58. The molecule has 0 saturated carbocycles. The summed E-state index contributed by atoms with van der Waals surface area (Å²) in [6.45, 7) is 1.23. The van der Waals surface area contributed by atoms with Gasteiger partial charge in [0.1, 0.15) is 11.4 Å². The molecule has 0 saturated heterocycles. The van der Waals surface area contributed by atoms with Gasteiger partial charge < -0.3 is 20.6 Å². The van der Waals surface area contributed by atoms with Crippen molar-refractivity contribution in [3.8, 4) is 0 Å². The zero-order chi connectivity index (χ0) is 20.0. The van der Waals surface area contributed by atoms with E-state index in [4.69, 9.17) is 10.2 Å². The van der Waals surface area contributed by atoms with Crippen LogP contribution in [0.4, 0.5) is 11.4 Å². The number of allylic oxidation sites excluding steroid dienone is 1. The molecule has 9 heteroatoms. The summed E-state index contributed by atoms with van der Waals surface area (Å²) in [5, 5.41) is 37.5. The van der Waals surface area contributed by atoms with Crippen molar-refractivity contribution in [2.75, 3.05) is 5.32 Å². The van der Waals surface area contributed by atoms with Gasteiger partial charge in [-0.25, -0.2) is 9.59 Å². The minimum Gasteiger partial charge on any atom is -0.510 e. The second-order valence-corrected chi connectivity index (χ2v) is 5.29. The van der Waals surface area contributed by atoms with Crippen LogP contribution in [0.3, 0.4) is 0 Å². The van der Waals surface area contributed by atoms with Gasteiger partial charge in [0.05, 0.1) is 11.1 Å². The van der Waals surface area contributed by atoms with Crippen LogP contribution in [-0.2, 0) is 4.79 Å². The van der Waals surface area contributed by atoms with Gasteiger partial charge in [0.15, 0.2) is 5.70 Å². The molecule has 0 heterocycles. The number of carboxylic acids is 2. The topological polar surface area (TPSA) is 149 Å². The molecule has 2 aromatic rings. The third-order valence-electron chi connectivity index (χ3n) is 3.34. The maximum atomic E-state index is 12.3. The van der Waals surface area contributed by atoms with Crippen LogP contribution in [0.25, 0.3) is 0 Å². The lowest BCUT2D eigenvalue weighted by Crippen LogP contribution is -2.14. The lowest BCUT2D eigenvalue weighted by Gasteiger charge is -2.06. The van der Waals surface area contributed by atoms with E-state index >= 15 is 0 Å². The monoisotopic (exact) mass is 369 g/mol. The number of nitrogens with one attached hydrogen (secondary N) is 1. The van der Waals surface area contributed by atoms with Crippen molar-refractivity contribution >= 4 is 29.2 Å². The Balaban J connectivity index is 2.23. The van der Waals surface area contributed by atoms with Crippen molar-refractivity contribution in [3.63, 3.8) is 0 Å². The number of carboxylic acid groups (broad SMARTS) is 2. The number of amides is 1. The van der Waals surface area contributed by atoms with Crippen LogP contribution in [0.2, 0.25) is 0 Å². The first-order chi connectivity index (χ1) is 12.8. The minimum atomic E-state index is -1.21. The molecular weight excluding hydrogens is 354 g/mol. The molecule has 9 nitrogen and oxygen atoms in total. The second-order valence-electron chi connectivity index (χ2n) is 5.29. The van der Waals surface area contributed by atoms with Crippen molar-refractivity contribution < 1.29 is 29.7 Å². The van der Waals surface area contributed by atoms with Gasteiger partial charge in [-0.15, -0.1) is 10.2 Å². The molecule has 2 rings (SSSR count). The fourth-order valence-electron chi connectivity index (χ4n) is 2.01. The Bertz CT molecular complexity index is 944. The van der Waals surface area contributed by atoms with E-state index in [0.717, 1.165) is 0 Å². The number of nitrogens with zero attached hydrogens (tertiary/aromatic N) is 2. The quantitative estimate of drug-likeness (QED) is 0.347. The van der Waals surface area contributed by atoms with E-state index in [9.17, 15) is 19.5 Å². The van der Waals surface area contributed by atoms with Crippen molar-refractivity contribution in [1.29, 1.82) is 0 Å². The lowest BCUT2D eigenvalue weighted by atomic mass is 10.2. The Labute approximate surface area is 153 Å². The molecule has 27 heavy (non-hydrogen) atoms. The van der Waals surface area contributed by atoms with Gasteiger partial charge in [0.2, 0.25) is 0 Å². The molecule has 0 unspecified atom stereocenters. The van der Waals surface area contributed by atoms with Gasteiger partial charge in [0.25, 0.3) is 5.91 Å². The summed E-state index contributed by atoms with van der Waals surface area (Å²) in [4.78, 5) is 34.3. The molecule has 0 fully saturated rings. The molecule has 0 bridgehead atoms. The lowest BCUT2D eigenvalue weighted by molar-refractivity contribution is -0.113. The van der Waals surface area contributed by atoms with E-state index in [1.165, 1.54) is 49.4 Å². The first-order valence-electron chi connectivity index (χ1n) is 7.58. The number of benzene rings is 2. The van der Waals surface area contributed by atoms with Crippen LogP contribution >= 0.6 is 0 Å². The molecule has 0 aliphatic carbocycles. The number of carbonyl (C=O) groups excluding carboxylic acids is 1. The number of azo groups is 1. The molecule has 0 aromatic heterocycles. The maximum Gasteiger partial charge on any atom is 0.337 e. The number of hydrogen-bond acceptors (Lipinski definition) is 6. The highest BCUT2D eigenvalue weighted by Crippen LogP contribution is 2.21. The smallest absolute Gasteiger partial charge is 0.337 e. The van der Waals surface area contributed by atoms with E-state index in [0.29, 0.717) is 0 Å². The van der Waals surface area contributed by atoms with Gasteiger partial charge in [-0.05, 0) is 43.3 Å². The normalized spacial score (nSPS) is 11.7. The van der Waals surface area contributed by atoms with Crippen LogP contribution in [0, 0.1) is 0 Å². The maximum absolute atomic E-state index is 12.3. The third kappa shape index (κ3) is 4.98. The summed E-state index contributed by atoms with van der Waals surface area (Å²) >= 11 is 0. The average molecular weight is 369 g/mol. The Morgan fingerprint density at radius 1 is 0.889 bits per heavy atom. The zero-order valence-electron chi connectivity index (χ0n) is 14.1. The molecule has 0 aliphatic rings. The third-order valence-corrected chi connectivity index (χ3v) is 3.34. The van der Waals surface area contributed by atoms with Crippen molar-refractivity contribution in [3.05, 3.63) is 71.1 Å². The summed E-state index contributed by atoms with van der Waals surface area (Å²) in [6.07, 6.45) is 0. The Kier molecular flexibility index (Phi) is 6.00. The van der Waals surface area contributed by atoms with E-state index in [1.807, 2.05) is 0 Å². The summed E-state index contributed by atoms with van der Waals surface area (Å²) in [7, 11) is 0. The average Bonchev–Trinajstić information content (AvgIpc) is 2.62. The van der Waals surface area contributed by atoms with Crippen LogP contribution < -0.4 is 5.32 Å². The highest BCUT2D eigenvalue weighted by Gasteiger charge is 2.15. The van der Waals surface area contributed by atoms with Crippen LogP contribution in [0.1, 0.15) is 27.6 Å². The number of rotatable bonds is 6. The largest absolute Gasteiger partial charge is 0.510 e. The molecule has 0 spiro atoms. The molecule has 2 aromatic carbocycles. The fraction of sp³-hybridized carbons (Fsp3) is 0.0556. The van der Waals surface area contributed by atoms with Crippen molar-refractivity contribution in [1.82, 2.24) is 0 Å². The molecule has 4 N–H and O–H groups in total. The number of carbonyl (C=O) groups is 3. The molecule has 0 radical (unpaired) electrons. The van der Waals surface area contributed by atoms with E-state index < -0.39 is 29.3 Å². The van der Waals surface area contributed by atoms with Crippen molar-refractivity contribution in [2.45, 2.75) is 6.92 Å². The van der Waals surface area contributed by atoms with E-state index in [-0.39, 0.29) is 22.5 Å². The van der Waals surface area contributed by atoms with E-state index in [2.05, 4.69) is 15.5 Å². The highest BCUT2D eigenvalue weighted by molar-refractivity contribution is 6.04. The highest BCUT2D eigenvalue weighted by atomic mass is 16.4. The van der Waals surface area contributed by atoms with Crippen molar-refractivity contribution in [2.24, 2.45) is 10.2 Å². The van der Waals surface area contributed by atoms with Gasteiger partial charge in [-0.2, -0.15) is 0 Å². The van der Waals surface area contributed by atoms with Crippen LogP contribution in [-0.4, -0.2) is 33.2 Å². The molecule has 0 aliphatic heterocycles. The van der Waals surface area contributed by atoms with Crippen LogP contribution in [0.5, 0.6) is 0 Å². The Morgan fingerprint density at radius 2 is 1.52 bits per heavy atom. The fourth-order valence-corrected chi connectivity index (χ4v) is 2.01. The number of aliphatic hydroxyl groups excluding tert-OH is 1. The zero-order valence-corrected chi connectivity index (χ0v) is 14.1. The number of anilines is 1. The minimum absolute atomic E-state index is 0.0161. The summed E-state index contributed by atoms with van der Waals surface area (Å²) in [6, 6.07) is 11.2. The summed E-state index contributed by atoms with van der Waals surface area (Å²) < 4.78 is 0. The van der Waals surface area contributed by atoms with Gasteiger partial charge in [-0.1, -0.05) is 12.1 Å². The molecule has 0 atom stereocenters. The second kappa shape index (κ2) is 8.39. The predicted molar refractivity (Wildman–Crippen MR) is 95.3 cm³/mol. The predicted octanol–water partition coefficient (Wildman–Crippen LogP) is 3.59. The molecule has 1 amide bonds. The molecular formula is C18H15N3O6. The number of hydrogen-bond donors (Lipinski definition) is 4. The SMILES string of the molecule is C/C(O)=C(\N=Nc1ccccc1C(=O)O)C(=O)Nc1ccc(C(=O)O)cc1. The molecule has 138 valence electrons. The van der Waals surface area contributed by atoms with E-state index in [1.54, 1.807) is 6.07 Å². The van der Waals surface area contributed by atoms with Gasteiger partial charge in [0, 0.05) is 5.69 Å². The Morgan fingerprint density at radius 3 is 2.07 bits per heavy atom. The Hall–Kier alpha value is -4.01. The first kappa shape index (κ1) is 19.3. The summed E-state index contributed by atoms with van der Waals surface area (Å²) in [5.74, 6) is -3.54. The summed E-state index contributed by atoms with van der Waals surface area (Å²) in [5.41, 5.74) is -0.183. The standard InChI is InChI=1S/C18H15N3O6/c1-10(22)15(21-20-14-5-3-2-4-13(14)18(26)27)16(23)19-12-8-6-11(7-9-12)17(24)25/h2-9,22H,1H3,(H,19,23)(H,24,25)(H,26,27)/b15-10+,21-20?. The van der Waals surface area contributed by atoms with Gasteiger partial charge in [-0.3, -0.25) is 4.79 Å². The number of aromatic carboxylic acids is 2.